The van der Waals surface area contributed by atoms with E-state index in [0.717, 1.165) is 24.7 Å². The van der Waals surface area contributed by atoms with Gasteiger partial charge in [0, 0.05) is 18.1 Å². The number of unbranched alkanes of at least 4 members (excludes halogenated alkanes) is 2. The van der Waals surface area contributed by atoms with Gasteiger partial charge in [0.1, 0.15) is 5.60 Å². The number of rotatable bonds is 8. The Kier molecular flexibility index (Phi) is 7.15. The van der Waals surface area contributed by atoms with Gasteiger partial charge in [-0.05, 0) is 73.8 Å². The quantitative estimate of drug-likeness (QED) is 0.383. The molecular weight excluding hydrogens is 357 g/mol. The Morgan fingerprint density at radius 1 is 1.07 bits per heavy atom. The van der Waals surface area contributed by atoms with E-state index in [2.05, 4.69) is 4.98 Å². The second-order valence-corrected chi connectivity index (χ2v) is 9.26. The molecule has 0 spiro atoms. The van der Waals surface area contributed by atoms with Crippen LogP contribution in [0.25, 0.3) is 0 Å². The first-order chi connectivity index (χ1) is 12.9. The molecule has 1 fully saturated rings. The fraction of sp³-hybridized carbons (Fsp3) is 0.714. The van der Waals surface area contributed by atoms with Gasteiger partial charge in [-0.25, -0.2) is 4.98 Å². The highest BCUT2D eigenvalue weighted by atomic mass is 16.7. The standard InChI is InChI=1S/C21H34BNO5/c1-19(2,3)26-18(24)11-9-8-10-14-25-17-13-12-16(15-23-17)22-27-20(4,5)21(6,7)28-22/h12-13,15H,8-11,14H2,1-7H3. The Labute approximate surface area is 169 Å². The first-order valence-electron chi connectivity index (χ1n) is 10.1. The molecule has 0 unspecified atom stereocenters. The van der Waals surface area contributed by atoms with Gasteiger partial charge in [-0.1, -0.05) is 6.07 Å². The molecule has 28 heavy (non-hydrogen) atoms. The molecule has 0 N–H and O–H groups in total. The average Bonchev–Trinajstić information content (AvgIpc) is 2.77. The van der Waals surface area contributed by atoms with Crippen molar-refractivity contribution in [1.29, 1.82) is 0 Å². The molecule has 2 rings (SSSR count). The van der Waals surface area contributed by atoms with Gasteiger partial charge in [0.2, 0.25) is 5.88 Å². The monoisotopic (exact) mass is 391 g/mol. The summed E-state index contributed by atoms with van der Waals surface area (Å²) in [6, 6.07) is 3.76. The van der Waals surface area contributed by atoms with E-state index in [1.54, 1.807) is 6.20 Å². The molecule has 0 amide bonds. The van der Waals surface area contributed by atoms with Gasteiger partial charge in [0.15, 0.2) is 0 Å². The number of carbonyl (C=O) groups is 1. The van der Waals surface area contributed by atoms with Crippen molar-refractivity contribution in [2.45, 2.75) is 91.0 Å². The molecule has 6 nitrogen and oxygen atoms in total. The van der Waals surface area contributed by atoms with E-state index in [1.807, 2.05) is 60.6 Å². The zero-order valence-corrected chi connectivity index (χ0v) is 18.3. The summed E-state index contributed by atoms with van der Waals surface area (Å²) in [5.74, 6) is 0.431. The smallest absolute Gasteiger partial charge is 0.478 e. The maximum atomic E-state index is 11.7. The lowest BCUT2D eigenvalue weighted by Gasteiger charge is -2.32. The number of aromatic nitrogens is 1. The van der Waals surface area contributed by atoms with Crippen LogP contribution in [0.4, 0.5) is 0 Å². The van der Waals surface area contributed by atoms with Crippen LogP contribution in [0.15, 0.2) is 18.3 Å². The third kappa shape index (κ3) is 6.48. The zero-order chi connectivity index (χ0) is 21.0. The van der Waals surface area contributed by atoms with Crippen molar-refractivity contribution < 1.29 is 23.6 Å². The summed E-state index contributed by atoms with van der Waals surface area (Å²) in [7, 11) is -0.417. The second kappa shape index (κ2) is 8.83. The van der Waals surface area contributed by atoms with Gasteiger partial charge >= 0.3 is 13.1 Å². The summed E-state index contributed by atoms with van der Waals surface area (Å²) in [5.41, 5.74) is -0.278. The molecule has 1 aliphatic heterocycles. The minimum Gasteiger partial charge on any atom is -0.478 e. The highest BCUT2D eigenvalue weighted by Gasteiger charge is 2.51. The predicted molar refractivity (Wildman–Crippen MR) is 110 cm³/mol. The van der Waals surface area contributed by atoms with Crippen molar-refractivity contribution in [3.63, 3.8) is 0 Å². The van der Waals surface area contributed by atoms with E-state index in [-0.39, 0.29) is 17.2 Å². The fourth-order valence-electron chi connectivity index (χ4n) is 2.71. The number of esters is 1. The van der Waals surface area contributed by atoms with Gasteiger partial charge in [-0.3, -0.25) is 4.79 Å². The summed E-state index contributed by atoms with van der Waals surface area (Å²) in [6.07, 6.45) is 4.75. The van der Waals surface area contributed by atoms with Gasteiger partial charge in [0.25, 0.3) is 0 Å². The lowest BCUT2D eigenvalue weighted by atomic mass is 9.80. The van der Waals surface area contributed by atoms with Crippen LogP contribution in [0.1, 0.15) is 74.1 Å². The largest absolute Gasteiger partial charge is 0.496 e. The summed E-state index contributed by atoms with van der Waals surface area (Å²) in [6.45, 7) is 14.3. The molecule has 0 saturated carbocycles. The molecule has 7 heteroatoms. The van der Waals surface area contributed by atoms with Gasteiger partial charge < -0.3 is 18.8 Å². The van der Waals surface area contributed by atoms with Crippen LogP contribution in [0.2, 0.25) is 0 Å². The molecule has 0 atom stereocenters. The van der Waals surface area contributed by atoms with Crippen molar-refractivity contribution in [2.24, 2.45) is 0 Å². The second-order valence-electron chi connectivity index (χ2n) is 9.26. The minimum atomic E-state index is -0.419. The topological polar surface area (TPSA) is 66.9 Å². The molecule has 0 aliphatic carbocycles. The Balaban J connectivity index is 1.68. The van der Waals surface area contributed by atoms with E-state index < -0.39 is 12.7 Å². The normalized spacial score (nSPS) is 18.2. The summed E-state index contributed by atoms with van der Waals surface area (Å²) < 4.78 is 23.0. The lowest BCUT2D eigenvalue weighted by Crippen LogP contribution is -2.41. The van der Waals surface area contributed by atoms with Crippen LogP contribution < -0.4 is 10.2 Å². The third-order valence-corrected chi connectivity index (χ3v) is 4.98. The van der Waals surface area contributed by atoms with E-state index >= 15 is 0 Å². The lowest BCUT2D eigenvalue weighted by molar-refractivity contribution is -0.154. The van der Waals surface area contributed by atoms with Crippen molar-refractivity contribution >= 4 is 18.6 Å². The number of pyridine rings is 1. The Morgan fingerprint density at radius 3 is 2.25 bits per heavy atom. The fourth-order valence-corrected chi connectivity index (χ4v) is 2.71. The SMILES string of the molecule is CC(C)(C)OC(=O)CCCCCOc1ccc(B2OC(C)(C)C(C)(C)O2)cn1. The van der Waals surface area contributed by atoms with E-state index in [0.29, 0.717) is 18.9 Å². The van der Waals surface area contributed by atoms with E-state index in [1.165, 1.54) is 0 Å². The summed E-state index contributed by atoms with van der Waals surface area (Å²) in [4.78, 5) is 16.0. The molecular formula is C21H34BNO5. The van der Waals surface area contributed by atoms with E-state index in [4.69, 9.17) is 18.8 Å². The molecule has 0 aromatic carbocycles. The average molecular weight is 391 g/mol. The maximum absolute atomic E-state index is 11.7. The number of hydrogen-bond acceptors (Lipinski definition) is 6. The van der Waals surface area contributed by atoms with Crippen LogP contribution >= 0.6 is 0 Å². The summed E-state index contributed by atoms with van der Waals surface area (Å²) >= 11 is 0. The number of ether oxygens (including phenoxy) is 2. The third-order valence-electron chi connectivity index (χ3n) is 4.98. The van der Waals surface area contributed by atoms with Gasteiger partial charge in [-0.15, -0.1) is 0 Å². The molecule has 0 radical (unpaired) electrons. The Morgan fingerprint density at radius 2 is 1.71 bits per heavy atom. The van der Waals surface area contributed by atoms with Crippen LogP contribution in [0.3, 0.4) is 0 Å². The van der Waals surface area contributed by atoms with E-state index in [9.17, 15) is 4.79 Å². The van der Waals surface area contributed by atoms with Gasteiger partial charge in [-0.2, -0.15) is 0 Å². The number of hydrogen-bond donors (Lipinski definition) is 0. The molecule has 156 valence electrons. The number of carbonyl (C=O) groups excluding carboxylic acids is 1. The van der Waals surface area contributed by atoms with Gasteiger partial charge in [0.05, 0.1) is 17.8 Å². The van der Waals surface area contributed by atoms with Crippen LogP contribution in [-0.4, -0.2) is 41.5 Å². The highest BCUT2D eigenvalue weighted by molar-refractivity contribution is 6.62. The molecule has 1 aromatic rings. The maximum Gasteiger partial charge on any atom is 0.496 e. The predicted octanol–water partition coefficient (Wildman–Crippen LogP) is 3.66. The van der Waals surface area contributed by atoms with Crippen molar-refractivity contribution in [2.75, 3.05) is 6.61 Å². The number of nitrogens with zero attached hydrogens (tertiary/aromatic N) is 1. The van der Waals surface area contributed by atoms with Crippen molar-refractivity contribution in [3.05, 3.63) is 18.3 Å². The van der Waals surface area contributed by atoms with Crippen LogP contribution in [0.5, 0.6) is 5.88 Å². The van der Waals surface area contributed by atoms with Crippen molar-refractivity contribution in [3.8, 4) is 5.88 Å². The Hall–Kier alpha value is -1.60. The molecule has 1 aliphatic rings. The summed E-state index contributed by atoms with van der Waals surface area (Å²) in [5, 5.41) is 0. The van der Waals surface area contributed by atoms with Crippen LogP contribution in [-0.2, 0) is 18.8 Å². The zero-order valence-electron chi connectivity index (χ0n) is 18.3. The van der Waals surface area contributed by atoms with Crippen molar-refractivity contribution in [1.82, 2.24) is 4.98 Å². The first kappa shape index (κ1) is 22.7. The van der Waals surface area contributed by atoms with Crippen LogP contribution in [0, 0.1) is 0 Å². The molecule has 0 bridgehead atoms. The molecule has 1 aromatic heterocycles. The first-order valence-corrected chi connectivity index (χ1v) is 10.1. The highest BCUT2D eigenvalue weighted by Crippen LogP contribution is 2.36. The minimum absolute atomic E-state index is 0.145. The molecule has 1 saturated heterocycles. The molecule has 2 heterocycles. The Bertz CT molecular complexity index is 636.